The lowest BCUT2D eigenvalue weighted by atomic mass is 9.93. The second kappa shape index (κ2) is 5.35. The van der Waals surface area contributed by atoms with Crippen molar-refractivity contribution in [3.63, 3.8) is 0 Å². The molecule has 1 rings (SSSR count). The summed E-state index contributed by atoms with van der Waals surface area (Å²) in [6, 6.07) is -0.831. The molecule has 0 aliphatic heterocycles. The summed E-state index contributed by atoms with van der Waals surface area (Å²) in [4.78, 5) is 0. The fourth-order valence-corrected chi connectivity index (χ4v) is 2.04. The molecule has 0 aliphatic carbocycles. The van der Waals surface area contributed by atoms with Crippen molar-refractivity contribution in [2.45, 2.75) is 24.7 Å². The van der Waals surface area contributed by atoms with Gasteiger partial charge in [-0.1, -0.05) is 11.6 Å². The molecule has 0 aliphatic rings. The van der Waals surface area contributed by atoms with Crippen molar-refractivity contribution in [1.29, 1.82) is 0 Å². The summed E-state index contributed by atoms with van der Waals surface area (Å²) in [5.74, 6) is 0. The molecule has 0 heterocycles. The molecular formula is C10HClF12. The molecule has 0 unspecified atom stereocenters. The van der Waals surface area contributed by atoms with E-state index in [1.165, 1.54) is 0 Å². The molecule has 0 N–H and O–H groups in total. The Morgan fingerprint density at radius 3 is 1.13 bits per heavy atom. The van der Waals surface area contributed by atoms with Crippen LogP contribution in [0.1, 0.15) is 22.3 Å². The summed E-state index contributed by atoms with van der Waals surface area (Å²) in [5, 5.41) is -2.15. The van der Waals surface area contributed by atoms with Gasteiger partial charge in [0.1, 0.15) is 0 Å². The largest absolute Gasteiger partial charge is 0.418 e. The molecule has 0 spiro atoms. The van der Waals surface area contributed by atoms with Crippen molar-refractivity contribution in [3.05, 3.63) is 33.3 Å². The first-order chi connectivity index (χ1) is 9.88. The topological polar surface area (TPSA) is 0 Å². The van der Waals surface area contributed by atoms with Gasteiger partial charge in [-0.05, 0) is 6.07 Å². The zero-order valence-electron chi connectivity index (χ0n) is 9.99. The highest BCUT2D eigenvalue weighted by molar-refractivity contribution is 6.31. The molecule has 0 bridgehead atoms. The molecule has 132 valence electrons. The van der Waals surface area contributed by atoms with Crippen LogP contribution in [0.2, 0.25) is 5.02 Å². The van der Waals surface area contributed by atoms with Crippen molar-refractivity contribution in [2.24, 2.45) is 0 Å². The van der Waals surface area contributed by atoms with Gasteiger partial charge in [0.05, 0.1) is 27.3 Å². The number of hydrogen-bond donors (Lipinski definition) is 0. The zero-order chi connectivity index (χ0) is 18.6. The predicted molar refractivity (Wildman–Crippen MR) is 51.5 cm³/mol. The average molecular weight is 385 g/mol. The quantitative estimate of drug-likeness (QED) is 0.453. The van der Waals surface area contributed by atoms with Gasteiger partial charge in [-0.25, -0.2) is 0 Å². The average Bonchev–Trinajstić information content (AvgIpc) is 2.21. The first-order valence-electron chi connectivity index (χ1n) is 5.03. The van der Waals surface area contributed by atoms with Crippen LogP contribution >= 0.6 is 11.6 Å². The molecule has 0 aromatic heterocycles. The Morgan fingerprint density at radius 1 is 0.522 bits per heavy atom. The van der Waals surface area contributed by atoms with Gasteiger partial charge < -0.3 is 0 Å². The SMILES string of the molecule is FC(F)(F)c1cc(Cl)c(C(F)(F)F)c(C(F)(F)F)c1C(F)(F)F. The summed E-state index contributed by atoms with van der Waals surface area (Å²) < 4.78 is 152. The van der Waals surface area contributed by atoms with Crippen LogP contribution in [-0.2, 0) is 24.7 Å². The Bertz CT molecular complexity index is 601. The Hall–Kier alpha value is -1.33. The Kier molecular flexibility index (Phi) is 4.58. The van der Waals surface area contributed by atoms with E-state index in [1.807, 2.05) is 0 Å². The van der Waals surface area contributed by atoms with E-state index in [1.54, 1.807) is 0 Å². The summed E-state index contributed by atoms with van der Waals surface area (Å²) in [7, 11) is 0. The number of alkyl halides is 12. The second-order valence-electron chi connectivity index (χ2n) is 4.02. The van der Waals surface area contributed by atoms with E-state index in [4.69, 9.17) is 11.6 Å². The van der Waals surface area contributed by atoms with Crippen molar-refractivity contribution in [3.8, 4) is 0 Å². The number of benzene rings is 1. The molecule has 0 saturated heterocycles. The van der Waals surface area contributed by atoms with Gasteiger partial charge in [-0.3, -0.25) is 0 Å². The van der Waals surface area contributed by atoms with Crippen molar-refractivity contribution in [1.82, 2.24) is 0 Å². The minimum atomic E-state index is -6.39. The first-order valence-corrected chi connectivity index (χ1v) is 5.41. The van der Waals surface area contributed by atoms with Gasteiger partial charge in [-0.2, -0.15) is 52.7 Å². The molecule has 1 aromatic rings. The summed E-state index contributed by atoms with van der Waals surface area (Å²) in [6.45, 7) is 0. The maximum Gasteiger partial charge on any atom is 0.418 e. The third-order valence-electron chi connectivity index (χ3n) is 2.44. The van der Waals surface area contributed by atoms with Gasteiger partial charge in [0.2, 0.25) is 0 Å². The normalized spacial score (nSPS) is 14.3. The van der Waals surface area contributed by atoms with Crippen LogP contribution in [0.3, 0.4) is 0 Å². The zero-order valence-corrected chi connectivity index (χ0v) is 10.7. The van der Waals surface area contributed by atoms with Crippen LogP contribution in [0.4, 0.5) is 52.7 Å². The summed E-state index contributed by atoms with van der Waals surface area (Å²) in [6.07, 6.45) is -24.8. The van der Waals surface area contributed by atoms with Crippen LogP contribution in [0.15, 0.2) is 6.07 Å². The molecule has 0 nitrogen and oxygen atoms in total. The lowest BCUT2D eigenvalue weighted by Gasteiger charge is -2.25. The van der Waals surface area contributed by atoms with Crippen LogP contribution in [0.5, 0.6) is 0 Å². The Labute approximate surface area is 123 Å². The Morgan fingerprint density at radius 2 is 0.870 bits per heavy atom. The van der Waals surface area contributed by atoms with Crippen LogP contribution in [-0.4, -0.2) is 0 Å². The van der Waals surface area contributed by atoms with E-state index in [9.17, 15) is 52.7 Å². The van der Waals surface area contributed by atoms with Gasteiger partial charge in [0, 0.05) is 0 Å². The first kappa shape index (κ1) is 19.7. The molecule has 13 heteroatoms. The second-order valence-corrected chi connectivity index (χ2v) is 4.43. The minimum Gasteiger partial charge on any atom is -0.166 e. The highest BCUT2D eigenvalue weighted by Crippen LogP contribution is 2.53. The van der Waals surface area contributed by atoms with E-state index in [0.717, 1.165) is 0 Å². The van der Waals surface area contributed by atoms with Crippen LogP contribution < -0.4 is 0 Å². The van der Waals surface area contributed by atoms with Crippen molar-refractivity contribution < 1.29 is 52.7 Å². The van der Waals surface area contributed by atoms with E-state index in [-0.39, 0.29) is 0 Å². The fraction of sp³-hybridized carbons (Fsp3) is 0.400. The Balaban J connectivity index is 4.18. The van der Waals surface area contributed by atoms with Crippen molar-refractivity contribution in [2.75, 3.05) is 0 Å². The van der Waals surface area contributed by atoms with E-state index in [2.05, 4.69) is 0 Å². The molecular weight excluding hydrogens is 384 g/mol. The van der Waals surface area contributed by atoms with E-state index < -0.39 is 58.0 Å². The third kappa shape index (κ3) is 3.96. The highest BCUT2D eigenvalue weighted by Gasteiger charge is 2.55. The number of halogens is 13. The molecule has 23 heavy (non-hydrogen) atoms. The van der Waals surface area contributed by atoms with E-state index >= 15 is 0 Å². The molecule has 0 saturated carbocycles. The molecule has 0 atom stereocenters. The van der Waals surface area contributed by atoms with E-state index in [0.29, 0.717) is 0 Å². The van der Waals surface area contributed by atoms with Crippen LogP contribution in [0, 0.1) is 0 Å². The predicted octanol–water partition coefficient (Wildman–Crippen LogP) is 6.42. The van der Waals surface area contributed by atoms with Crippen LogP contribution in [0.25, 0.3) is 0 Å². The maximum absolute atomic E-state index is 12.7. The fourth-order valence-electron chi connectivity index (χ4n) is 1.73. The van der Waals surface area contributed by atoms with Gasteiger partial charge >= 0.3 is 24.7 Å². The van der Waals surface area contributed by atoms with Gasteiger partial charge in [0.15, 0.2) is 0 Å². The number of rotatable bonds is 0. The smallest absolute Gasteiger partial charge is 0.166 e. The lowest BCUT2D eigenvalue weighted by Crippen LogP contribution is -2.27. The third-order valence-corrected chi connectivity index (χ3v) is 2.73. The molecule has 0 fully saturated rings. The monoisotopic (exact) mass is 384 g/mol. The van der Waals surface area contributed by atoms with Gasteiger partial charge in [-0.15, -0.1) is 0 Å². The summed E-state index contributed by atoms with van der Waals surface area (Å²) >= 11 is 4.77. The maximum atomic E-state index is 12.7. The molecule has 0 amide bonds. The van der Waals surface area contributed by atoms with Gasteiger partial charge in [0.25, 0.3) is 0 Å². The highest BCUT2D eigenvalue weighted by atomic mass is 35.5. The minimum absolute atomic E-state index is 0.831. The standard InChI is InChI=1S/C10HClF12/c11-3-1-2(7(12,13)14)4(8(15,16)17)6(10(21,22)23)5(3)9(18,19)20/h1H. The lowest BCUT2D eigenvalue weighted by molar-refractivity contribution is -0.182. The molecule has 0 radical (unpaired) electrons. The van der Waals surface area contributed by atoms with Crippen molar-refractivity contribution >= 4 is 11.6 Å². The molecule has 1 aromatic carbocycles. The number of hydrogen-bond acceptors (Lipinski definition) is 0. The summed E-state index contributed by atoms with van der Waals surface area (Å²) in [5.41, 5.74) is -13.0.